The van der Waals surface area contributed by atoms with E-state index in [1.54, 1.807) is 6.07 Å². The highest BCUT2D eigenvalue weighted by atomic mass is 35.5. The van der Waals surface area contributed by atoms with E-state index in [0.717, 1.165) is 18.8 Å². The Bertz CT molecular complexity index is 1120. The van der Waals surface area contributed by atoms with Crippen LogP contribution < -0.4 is 10.5 Å². The highest BCUT2D eigenvalue weighted by molar-refractivity contribution is 6.30. The zero-order chi connectivity index (χ0) is 21.3. The predicted molar refractivity (Wildman–Crippen MR) is 120 cm³/mol. The summed E-state index contributed by atoms with van der Waals surface area (Å²) in [7, 11) is 0. The van der Waals surface area contributed by atoms with Crippen LogP contribution in [0.5, 0.6) is 0 Å². The molecule has 6 nitrogen and oxygen atoms in total. The molecular formula is C23H25ClN4O2. The molecule has 0 aliphatic carbocycles. The van der Waals surface area contributed by atoms with Crippen molar-refractivity contribution in [3.8, 4) is 0 Å². The number of piperazine rings is 1. The monoisotopic (exact) mass is 424 g/mol. The van der Waals surface area contributed by atoms with Crippen LogP contribution >= 0.6 is 11.6 Å². The number of carbonyl (C=O) groups is 1. The number of amides is 1. The fraction of sp³-hybridized carbons (Fsp3) is 0.348. The van der Waals surface area contributed by atoms with Gasteiger partial charge in [-0.05, 0) is 36.2 Å². The van der Waals surface area contributed by atoms with Gasteiger partial charge in [-0.3, -0.25) is 14.2 Å². The molecule has 1 aliphatic heterocycles. The van der Waals surface area contributed by atoms with Gasteiger partial charge in [-0.15, -0.1) is 0 Å². The number of hydrogen-bond donors (Lipinski definition) is 0. The number of halogens is 1. The first-order valence-corrected chi connectivity index (χ1v) is 10.6. The van der Waals surface area contributed by atoms with E-state index in [-0.39, 0.29) is 17.4 Å². The normalized spacial score (nSPS) is 15.6. The van der Waals surface area contributed by atoms with Crippen molar-refractivity contribution in [2.75, 3.05) is 31.1 Å². The number of aromatic nitrogens is 2. The topological polar surface area (TPSA) is 58.4 Å². The van der Waals surface area contributed by atoms with Crippen LogP contribution in [0.4, 0.5) is 5.69 Å². The molecule has 2 heterocycles. The third kappa shape index (κ3) is 3.92. The summed E-state index contributed by atoms with van der Waals surface area (Å²) in [5, 5.41) is 1.23. The van der Waals surface area contributed by atoms with Crippen molar-refractivity contribution in [3.05, 3.63) is 70.2 Å². The zero-order valence-corrected chi connectivity index (χ0v) is 17.9. The summed E-state index contributed by atoms with van der Waals surface area (Å²) < 4.78 is 1.50. The summed E-state index contributed by atoms with van der Waals surface area (Å²) in [6, 6.07) is 14.4. The zero-order valence-electron chi connectivity index (χ0n) is 17.2. The maximum Gasteiger partial charge on any atom is 0.261 e. The third-order valence-electron chi connectivity index (χ3n) is 5.64. The Hall–Kier alpha value is -2.86. The lowest BCUT2D eigenvalue weighted by Crippen LogP contribution is -2.52. The molecule has 0 bridgehead atoms. The third-order valence-corrected chi connectivity index (χ3v) is 5.87. The Morgan fingerprint density at radius 1 is 1.03 bits per heavy atom. The maximum absolute atomic E-state index is 13.4. The van der Waals surface area contributed by atoms with E-state index in [2.05, 4.69) is 9.88 Å². The van der Waals surface area contributed by atoms with Gasteiger partial charge in [-0.2, -0.15) is 0 Å². The van der Waals surface area contributed by atoms with E-state index in [9.17, 15) is 9.59 Å². The lowest BCUT2D eigenvalue weighted by Gasteiger charge is -2.38. The predicted octanol–water partition coefficient (Wildman–Crippen LogP) is 3.60. The molecule has 1 aromatic heterocycles. The molecule has 1 saturated heterocycles. The molecule has 0 saturated carbocycles. The lowest BCUT2D eigenvalue weighted by atomic mass is 10.0. The Balaban J connectivity index is 1.55. The van der Waals surface area contributed by atoms with Crippen molar-refractivity contribution in [1.82, 2.24) is 14.5 Å². The minimum absolute atomic E-state index is 0.0325. The molecule has 0 radical (unpaired) electrons. The van der Waals surface area contributed by atoms with E-state index in [4.69, 9.17) is 11.6 Å². The van der Waals surface area contributed by atoms with Gasteiger partial charge in [0, 0.05) is 36.9 Å². The molecule has 1 aliphatic rings. The molecule has 0 spiro atoms. The highest BCUT2D eigenvalue weighted by Gasteiger charge is 2.32. The maximum atomic E-state index is 13.4. The first-order valence-electron chi connectivity index (χ1n) is 10.2. The van der Waals surface area contributed by atoms with Crippen LogP contribution in [0.15, 0.2) is 59.7 Å². The molecule has 30 heavy (non-hydrogen) atoms. The van der Waals surface area contributed by atoms with E-state index in [1.807, 2.05) is 61.2 Å². The second-order valence-electron chi connectivity index (χ2n) is 7.96. The van der Waals surface area contributed by atoms with E-state index >= 15 is 0 Å². The number of carbonyl (C=O) groups excluding carboxylic acids is 1. The number of anilines is 1. The quantitative estimate of drug-likeness (QED) is 0.642. The number of para-hydroxylation sites is 1. The summed E-state index contributed by atoms with van der Waals surface area (Å²) >= 11 is 6.11. The molecule has 1 amide bonds. The van der Waals surface area contributed by atoms with Gasteiger partial charge in [0.15, 0.2) is 0 Å². The average Bonchev–Trinajstić information content (AvgIpc) is 2.75. The van der Waals surface area contributed by atoms with Gasteiger partial charge in [0.2, 0.25) is 5.91 Å². The van der Waals surface area contributed by atoms with E-state index in [0.29, 0.717) is 29.0 Å². The average molecular weight is 425 g/mol. The molecular weight excluding hydrogens is 400 g/mol. The standard InChI is InChI=1S/C23H25ClN4O2/c1-16(2)21(28-15-25-20-9-4-3-8-19(20)22(28)29)23(30)27-12-10-26(11-13-27)18-7-5-6-17(24)14-18/h3-9,14-16,21H,10-13H2,1-2H3/t21-/m0/s1. The van der Waals surface area contributed by atoms with Gasteiger partial charge in [-0.1, -0.05) is 43.6 Å². The molecule has 1 fully saturated rings. The van der Waals surface area contributed by atoms with Crippen LogP contribution in [0.2, 0.25) is 5.02 Å². The Labute approximate surface area is 180 Å². The minimum Gasteiger partial charge on any atom is -0.368 e. The number of fused-ring (bicyclic) bond motifs is 1. The fourth-order valence-corrected chi connectivity index (χ4v) is 4.24. The first-order chi connectivity index (χ1) is 14.5. The van der Waals surface area contributed by atoms with Crippen LogP contribution in [0.3, 0.4) is 0 Å². The van der Waals surface area contributed by atoms with Crippen LogP contribution in [-0.4, -0.2) is 46.5 Å². The fourth-order valence-electron chi connectivity index (χ4n) is 4.05. The van der Waals surface area contributed by atoms with Crippen molar-refractivity contribution in [2.24, 2.45) is 5.92 Å². The van der Waals surface area contributed by atoms with E-state index in [1.165, 1.54) is 10.9 Å². The van der Waals surface area contributed by atoms with Gasteiger partial charge < -0.3 is 9.80 Å². The molecule has 0 N–H and O–H groups in total. The summed E-state index contributed by atoms with van der Waals surface area (Å²) in [5.41, 5.74) is 1.53. The molecule has 156 valence electrons. The number of nitrogens with zero attached hydrogens (tertiary/aromatic N) is 4. The van der Waals surface area contributed by atoms with Gasteiger partial charge in [0.25, 0.3) is 5.56 Å². The highest BCUT2D eigenvalue weighted by Crippen LogP contribution is 2.24. The summed E-state index contributed by atoms with van der Waals surface area (Å²) in [5.74, 6) is -0.0703. The van der Waals surface area contributed by atoms with Crippen molar-refractivity contribution >= 4 is 34.1 Å². The number of benzene rings is 2. The van der Waals surface area contributed by atoms with Crippen LogP contribution in [0, 0.1) is 5.92 Å². The Morgan fingerprint density at radius 3 is 2.47 bits per heavy atom. The Kier molecular flexibility index (Phi) is 5.77. The lowest BCUT2D eigenvalue weighted by molar-refractivity contribution is -0.136. The summed E-state index contributed by atoms with van der Waals surface area (Å²) in [4.78, 5) is 35.0. The van der Waals surface area contributed by atoms with Crippen molar-refractivity contribution in [1.29, 1.82) is 0 Å². The molecule has 1 atom stereocenters. The van der Waals surface area contributed by atoms with Crippen LogP contribution in [-0.2, 0) is 4.79 Å². The molecule has 7 heteroatoms. The summed E-state index contributed by atoms with van der Waals surface area (Å²) in [6.07, 6.45) is 1.51. The largest absolute Gasteiger partial charge is 0.368 e. The second kappa shape index (κ2) is 8.48. The first kappa shape index (κ1) is 20.4. The molecule has 2 aromatic carbocycles. The number of rotatable bonds is 4. The van der Waals surface area contributed by atoms with E-state index < -0.39 is 6.04 Å². The molecule has 4 rings (SSSR count). The minimum atomic E-state index is -0.577. The van der Waals surface area contributed by atoms with Gasteiger partial charge in [-0.25, -0.2) is 4.98 Å². The second-order valence-corrected chi connectivity index (χ2v) is 8.39. The van der Waals surface area contributed by atoms with Crippen LogP contribution in [0.1, 0.15) is 19.9 Å². The van der Waals surface area contributed by atoms with Crippen molar-refractivity contribution in [3.63, 3.8) is 0 Å². The van der Waals surface area contributed by atoms with Crippen LogP contribution in [0.25, 0.3) is 10.9 Å². The summed E-state index contributed by atoms with van der Waals surface area (Å²) in [6.45, 7) is 6.58. The van der Waals surface area contributed by atoms with Gasteiger partial charge in [0.05, 0.1) is 17.2 Å². The Morgan fingerprint density at radius 2 is 1.77 bits per heavy atom. The molecule has 0 unspecified atom stereocenters. The smallest absolute Gasteiger partial charge is 0.261 e. The number of hydrogen-bond acceptors (Lipinski definition) is 4. The van der Waals surface area contributed by atoms with Crippen molar-refractivity contribution in [2.45, 2.75) is 19.9 Å². The molecule has 3 aromatic rings. The SMILES string of the molecule is CC(C)[C@@H](C(=O)N1CCN(c2cccc(Cl)c2)CC1)n1cnc2ccccc2c1=O. The van der Waals surface area contributed by atoms with Gasteiger partial charge >= 0.3 is 0 Å². The van der Waals surface area contributed by atoms with Crippen molar-refractivity contribution < 1.29 is 4.79 Å². The van der Waals surface area contributed by atoms with Gasteiger partial charge in [0.1, 0.15) is 6.04 Å².